The monoisotopic (exact) mass is 572 g/mol. The van der Waals surface area contributed by atoms with Crippen molar-refractivity contribution >= 4 is 44.7 Å². The molecule has 4 aromatic carbocycles. The molecule has 0 saturated heterocycles. The number of carbonyl (C=O) groups excluding carboxylic acids is 2. The van der Waals surface area contributed by atoms with Crippen LogP contribution in [0.5, 0.6) is 0 Å². The number of hydrogen-bond donors (Lipinski definition) is 2. The van der Waals surface area contributed by atoms with Crippen LogP contribution >= 0.6 is 11.6 Å². The highest BCUT2D eigenvalue weighted by atomic mass is 35.5. The van der Waals surface area contributed by atoms with Crippen LogP contribution in [0.3, 0.4) is 0 Å². The van der Waals surface area contributed by atoms with E-state index < -0.39 is 33.5 Å². The molecule has 0 bridgehead atoms. The van der Waals surface area contributed by atoms with Crippen molar-refractivity contribution in [2.45, 2.75) is 18.0 Å². The second kappa shape index (κ2) is 10.9. The van der Waals surface area contributed by atoms with Crippen molar-refractivity contribution in [1.82, 2.24) is 0 Å². The molecule has 4 aromatic rings. The van der Waals surface area contributed by atoms with E-state index in [1.54, 1.807) is 37.3 Å². The zero-order valence-electron chi connectivity index (χ0n) is 20.2. The molecule has 4 rings (SSSR count). The number of anilines is 2. The van der Waals surface area contributed by atoms with E-state index in [9.17, 15) is 31.2 Å². The number of benzene rings is 4. The first kappa shape index (κ1) is 27.9. The molecule has 0 radical (unpaired) electrons. The molecule has 2 N–H and O–H groups in total. The fourth-order valence-electron chi connectivity index (χ4n) is 3.73. The largest absolute Gasteiger partial charge is 0.416 e. The molecule has 0 heterocycles. The summed E-state index contributed by atoms with van der Waals surface area (Å²) in [7, 11) is -4.31. The number of carbonyl (C=O) groups is 2. The third-order valence-electron chi connectivity index (χ3n) is 5.72. The number of halogens is 4. The SMILES string of the molecule is Cc1ccc(S(=O)(=O)Nc2ccc(Cl)cc2C(=O)c2ccccc2)cc1C(=O)Nc1cccc(C(F)(F)F)c1. The molecule has 6 nitrogen and oxygen atoms in total. The van der Waals surface area contributed by atoms with E-state index in [0.29, 0.717) is 11.1 Å². The molecule has 0 fully saturated rings. The highest BCUT2D eigenvalue weighted by molar-refractivity contribution is 7.92. The highest BCUT2D eigenvalue weighted by Gasteiger charge is 2.30. The maximum atomic E-state index is 13.3. The van der Waals surface area contributed by atoms with E-state index in [-0.39, 0.29) is 32.4 Å². The van der Waals surface area contributed by atoms with Gasteiger partial charge in [-0.15, -0.1) is 0 Å². The predicted octanol–water partition coefficient (Wildman–Crippen LogP) is 6.95. The zero-order valence-corrected chi connectivity index (χ0v) is 21.8. The minimum atomic E-state index is -4.60. The van der Waals surface area contributed by atoms with Gasteiger partial charge in [0.25, 0.3) is 15.9 Å². The number of amides is 1. The predicted molar refractivity (Wildman–Crippen MR) is 143 cm³/mol. The van der Waals surface area contributed by atoms with E-state index >= 15 is 0 Å². The smallest absolute Gasteiger partial charge is 0.322 e. The van der Waals surface area contributed by atoms with Gasteiger partial charge in [0.15, 0.2) is 5.78 Å². The molecular formula is C28H20ClF3N2O4S. The second-order valence-corrected chi connectivity index (χ2v) is 10.6. The fourth-order valence-corrected chi connectivity index (χ4v) is 5.00. The van der Waals surface area contributed by atoms with Gasteiger partial charge in [-0.3, -0.25) is 14.3 Å². The van der Waals surface area contributed by atoms with Crippen molar-refractivity contribution in [1.29, 1.82) is 0 Å². The summed E-state index contributed by atoms with van der Waals surface area (Å²) in [5.41, 5.74) is -0.399. The number of aryl methyl sites for hydroxylation is 1. The first-order valence-electron chi connectivity index (χ1n) is 11.4. The molecule has 39 heavy (non-hydrogen) atoms. The molecule has 0 atom stereocenters. The minimum absolute atomic E-state index is 0.0203. The molecule has 0 aliphatic rings. The summed E-state index contributed by atoms with van der Waals surface area (Å²) in [5, 5.41) is 2.60. The molecule has 1 amide bonds. The number of hydrogen-bond acceptors (Lipinski definition) is 4. The molecule has 0 aliphatic heterocycles. The Morgan fingerprint density at radius 1 is 0.821 bits per heavy atom. The molecule has 0 aromatic heterocycles. The average Bonchev–Trinajstić information content (AvgIpc) is 2.89. The number of sulfonamides is 1. The van der Waals surface area contributed by atoms with Crippen molar-refractivity contribution in [2.75, 3.05) is 10.0 Å². The minimum Gasteiger partial charge on any atom is -0.322 e. The van der Waals surface area contributed by atoms with Gasteiger partial charge in [0, 0.05) is 27.4 Å². The number of ketones is 1. The summed E-state index contributed by atoms with van der Waals surface area (Å²) in [4.78, 5) is 25.7. The van der Waals surface area contributed by atoms with Crippen LogP contribution in [0.25, 0.3) is 0 Å². The summed E-state index contributed by atoms with van der Waals surface area (Å²) in [5.74, 6) is -1.25. The summed E-state index contributed by atoms with van der Waals surface area (Å²) in [6, 6.07) is 20.2. The Bertz CT molecular complexity index is 1670. The van der Waals surface area contributed by atoms with Gasteiger partial charge in [0.1, 0.15) is 0 Å². The topological polar surface area (TPSA) is 92.3 Å². The maximum Gasteiger partial charge on any atom is 0.416 e. The summed E-state index contributed by atoms with van der Waals surface area (Å²) in [6.07, 6.45) is -4.60. The summed E-state index contributed by atoms with van der Waals surface area (Å²) in [6.45, 7) is 1.56. The Balaban J connectivity index is 1.64. The standard InChI is InChI=1S/C28H20ClF3N2O4S/c1-17-10-12-22(16-23(17)27(36)33-21-9-5-8-19(14-21)28(30,31)32)39(37,38)34-25-13-11-20(29)15-24(25)26(35)18-6-3-2-4-7-18/h2-16,34H,1H3,(H,33,36). The first-order valence-corrected chi connectivity index (χ1v) is 13.2. The van der Waals surface area contributed by atoms with Crippen molar-refractivity contribution in [3.63, 3.8) is 0 Å². The van der Waals surface area contributed by atoms with Gasteiger partial charge in [-0.25, -0.2) is 8.42 Å². The van der Waals surface area contributed by atoms with Gasteiger partial charge in [-0.05, 0) is 61.0 Å². The first-order chi connectivity index (χ1) is 18.3. The van der Waals surface area contributed by atoms with Crippen LogP contribution in [0.2, 0.25) is 5.02 Å². The van der Waals surface area contributed by atoms with E-state index in [1.165, 1.54) is 36.4 Å². The lowest BCUT2D eigenvalue weighted by Gasteiger charge is -2.15. The van der Waals surface area contributed by atoms with E-state index in [2.05, 4.69) is 10.0 Å². The molecule has 0 aliphatic carbocycles. The lowest BCUT2D eigenvalue weighted by molar-refractivity contribution is -0.137. The van der Waals surface area contributed by atoms with Crippen LogP contribution in [-0.2, 0) is 16.2 Å². The molecule has 200 valence electrons. The molecule has 0 unspecified atom stereocenters. The maximum absolute atomic E-state index is 13.3. The lowest BCUT2D eigenvalue weighted by Crippen LogP contribution is -2.18. The average molecular weight is 573 g/mol. The second-order valence-electron chi connectivity index (χ2n) is 8.50. The highest BCUT2D eigenvalue weighted by Crippen LogP contribution is 2.31. The van der Waals surface area contributed by atoms with Crippen LogP contribution in [0, 0.1) is 6.92 Å². The van der Waals surface area contributed by atoms with Crippen molar-refractivity contribution in [3.05, 3.63) is 124 Å². The van der Waals surface area contributed by atoms with E-state index in [0.717, 1.165) is 24.3 Å². The summed E-state index contributed by atoms with van der Waals surface area (Å²) >= 11 is 6.07. The van der Waals surface area contributed by atoms with Gasteiger partial charge in [0.2, 0.25) is 0 Å². The zero-order chi connectivity index (χ0) is 28.4. The Labute approximate surface area is 227 Å². The van der Waals surface area contributed by atoms with Crippen molar-refractivity contribution in [3.8, 4) is 0 Å². The van der Waals surface area contributed by atoms with Crippen LogP contribution < -0.4 is 10.0 Å². The van der Waals surface area contributed by atoms with Crippen molar-refractivity contribution < 1.29 is 31.2 Å². The van der Waals surface area contributed by atoms with Crippen LogP contribution in [0.4, 0.5) is 24.5 Å². The quantitative estimate of drug-likeness (QED) is 0.234. The van der Waals surface area contributed by atoms with Gasteiger partial charge in [0.05, 0.1) is 16.1 Å². The molecule has 0 saturated carbocycles. The molecule has 0 spiro atoms. The van der Waals surface area contributed by atoms with Crippen molar-refractivity contribution in [2.24, 2.45) is 0 Å². The number of nitrogens with one attached hydrogen (secondary N) is 2. The third kappa shape index (κ3) is 6.47. The normalized spacial score (nSPS) is 11.6. The Kier molecular flexibility index (Phi) is 7.80. The third-order valence-corrected chi connectivity index (χ3v) is 7.32. The van der Waals surface area contributed by atoms with Crippen LogP contribution in [0.15, 0.2) is 95.9 Å². The lowest BCUT2D eigenvalue weighted by atomic mass is 10.0. The Morgan fingerprint density at radius 2 is 1.54 bits per heavy atom. The van der Waals surface area contributed by atoms with Crippen LogP contribution in [-0.4, -0.2) is 20.1 Å². The number of alkyl halides is 3. The summed E-state index contributed by atoms with van der Waals surface area (Å²) < 4.78 is 68.1. The van der Waals surface area contributed by atoms with Gasteiger partial charge in [-0.1, -0.05) is 54.1 Å². The molecular weight excluding hydrogens is 553 g/mol. The van der Waals surface area contributed by atoms with Crippen LogP contribution in [0.1, 0.15) is 37.4 Å². The van der Waals surface area contributed by atoms with Gasteiger partial charge >= 0.3 is 6.18 Å². The number of rotatable bonds is 7. The molecule has 11 heteroatoms. The van der Waals surface area contributed by atoms with E-state index in [1.807, 2.05) is 0 Å². The van der Waals surface area contributed by atoms with Gasteiger partial charge in [-0.2, -0.15) is 13.2 Å². The van der Waals surface area contributed by atoms with Gasteiger partial charge < -0.3 is 5.32 Å². The fraction of sp³-hybridized carbons (Fsp3) is 0.0714. The Morgan fingerprint density at radius 3 is 2.23 bits per heavy atom. The Hall–Kier alpha value is -4.15. The van der Waals surface area contributed by atoms with E-state index in [4.69, 9.17) is 11.6 Å².